The molecule has 0 aromatic heterocycles. The Hall–Kier alpha value is -0.710. The van der Waals surface area contributed by atoms with Gasteiger partial charge in [0.15, 0.2) is 0 Å². The first kappa shape index (κ1) is 18.3. The number of halogens is 1. The molecule has 21 heavy (non-hydrogen) atoms. The minimum absolute atomic E-state index is 0. The Balaban J connectivity index is 0.00000220. The van der Waals surface area contributed by atoms with Crippen molar-refractivity contribution in [2.24, 2.45) is 5.92 Å². The number of hydrogen-bond acceptors (Lipinski definition) is 3. The van der Waals surface area contributed by atoms with Gasteiger partial charge in [-0.25, -0.2) is 0 Å². The monoisotopic (exact) mass is 328 g/mol. The van der Waals surface area contributed by atoms with Crippen molar-refractivity contribution in [2.45, 2.75) is 43.3 Å². The molecule has 1 aliphatic rings. The van der Waals surface area contributed by atoms with E-state index >= 15 is 0 Å². The fourth-order valence-corrected chi connectivity index (χ4v) is 2.86. The summed E-state index contributed by atoms with van der Waals surface area (Å²) in [6.07, 6.45) is 2.61. The summed E-state index contributed by atoms with van der Waals surface area (Å²) in [5, 5.41) is 6.11. The van der Waals surface area contributed by atoms with Crippen LogP contribution in [0.3, 0.4) is 0 Å². The van der Waals surface area contributed by atoms with Crippen LogP contribution in [0.5, 0.6) is 0 Å². The quantitative estimate of drug-likeness (QED) is 0.777. The van der Waals surface area contributed by atoms with E-state index in [0.29, 0.717) is 6.54 Å². The highest BCUT2D eigenvalue weighted by Gasteiger charge is 2.20. The van der Waals surface area contributed by atoms with E-state index in [-0.39, 0.29) is 23.1 Å². The third-order valence-electron chi connectivity index (χ3n) is 2.98. The summed E-state index contributed by atoms with van der Waals surface area (Å²) >= 11 is 1.83. The Kier molecular flexibility index (Phi) is 7.04. The highest BCUT2D eigenvalue weighted by atomic mass is 35.5. The van der Waals surface area contributed by atoms with Crippen LogP contribution < -0.4 is 10.6 Å². The van der Waals surface area contributed by atoms with E-state index in [1.54, 1.807) is 0 Å². The third-order valence-corrected chi connectivity index (χ3v) is 4.10. The maximum absolute atomic E-state index is 11.7. The SMILES string of the molecule is CC(C)(C)Sc1ccc(NC(=O)CNCC2CC2)cc1.Cl. The minimum atomic E-state index is 0. The average molecular weight is 329 g/mol. The molecule has 1 aromatic rings. The Morgan fingerprint density at radius 3 is 2.38 bits per heavy atom. The van der Waals surface area contributed by atoms with Crippen LogP contribution in [0.1, 0.15) is 33.6 Å². The van der Waals surface area contributed by atoms with Crippen LogP contribution in [0, 0.1) is 5.92 Å². The molecular weight excluding hydrogens is 304 g/mol. The molecule has 5 heteroatoms. The number of anilines is 1. The number of hydrogen-bond donors (Lipinski definition) is 2. The van der Waals surface area contributed by atoms with Crippen LogP contribution in [0.15, 0.2) is 29.2 Å². The van der Waals surface area contributed by atoms with Gasteiger partial charge in [-0.2, -0.15) is 0 Å². The van der Waals surface area contributed by atoms with Gasteiger partial charge in [0, 0.05) is 15.3 Å². The lowest BCUT2D eigenvalue weighted by atomic mass is 10.3. The molecule has 1 fully saturated rings. The molecule has 0 heterocycles. The first-order chi connectivity index (χ1) is 9.42. The second-order valence-electron chi connectivity index (χ2n) is 6.36. The van der Waals surface area contributed by atoms with Crippen molar-refractivity contribution in [3.63, 3.8) is 0 Å². The first-order valence-corrected chi connectivity index (χ1v) is 8.04. The zero-order valence-electron chi connectivity index (χ0n) is 12.9. The number of amides is 1. The molecule has 2 rings (SSSR count). The summed E-state index contributed by atoms with van der Waals surface area (Å²) in [6.45, 7) is 7.94. The van der Waals surface area contributed by atoms with Crippen molar-refractivity contribution >= 4 is 35.8 Å². The maximum atomic E-state index is 11.7. The summed E-state index contributed by atoms with van der Waals surface area (Å²) in [6, 6.07) is 8.05. The molecule has 1 saturated carbocycles. The van der Waals surface area contributed by atoms with E-state index in [4.69, 9.17) is 0 Å². The van der Waals surface area contributed by atoms with E-state index in [0.717, 1.165) is 18.2 Å². The Bertz CT molecular complexity index is 452. The fraction of sp³-hybridized carbons (Fsp3) is 0.562. The van der Waals surface area contributed by atoms with Crippen LogP contribution >= 0.6 is 24.2 Å². The summed E-state index contributed by atoms with van der Waals surface area (Å²) in [5.41, 5.74) is 0.862. The Morgan fingerprint density at radius 2 is 1.86 bits per heavy atom. The van der Waals surface area contributed by atoms with Crippen LogP contribution in [-0.4, -0.2) is 23.7 Å². The molecule has 1 aromatic carbocycles. The topological polar surface area (TPSA) is 41.1 Å². The minimum Gasteiger partial charge on any atom is -0.325 e. The van der Waals surface area contributed by atoms with Gasteiger partial charge in [-0.05, 0) is 49.6 Å². The van der Waals surface area contributed by atoms with E-state index in [1.165, 1.54) is 17.7 Å². The van der Waals surface area contributed by atoms with Crippen LogP contribution in [0.25, 0.3) is 0 Å². The van der Waals surface area contributed by atoms with Gasteiger partial charge >= 0.3 is 0 Å². The molecule has 1 amide bonds. The van der Waals surface area contributed by atoms with Crippen molar-refractivity contribution < 1.29 is 4.79 Å². The molecule has 0 radical (unpaired) electrons. The van der Waals surface area contributed by atoms with Gasteiger partial charge in [-0.1, -0.05) is 20.8 Å². The standard InChI is InChI=1S/C16H24N2OS.ClH/c1-16(2,3)20-14-8-6-13(7-9-14)18-15(19)11-17-10-12-4-5-12;/h6-9,12,17H,4-5,10-11H2,1-3H3,(H,18,19);1H. The normalized spacial score (nSPS) is 14.4. The molecule has 1 aliphatic carbocycles. The average Bonchev–Trinajstić information content (AvgIpc) is 3.14. The van der Waals surface area contributed by atoms with Crippen LogP contribution in [0.4, 0.5) is 5.69 Å². The van der Waals surface area contributed by atoms with Gasteiger partial charge in [0.05, 0.1) is 6.54 Å². The van der Waals surface area contributed by atoms with E-state index in [9.17, 15) is 4.79 Å². The summed E-state index contributed by atoms with van der Waals surface area (Å²) in [7, 11) is 0. The molecule has 0 aliphatic heterocycles. The Morgan fingerprint density at radius 1 is 1.24 bits per heavy atom. The fourth-order valence-electron chi connectivity index (χ4n) is 1.88. The molecule has 3 nitrogen and oxygen atoms in total. The zero-order chi connectivity index (χ0) is 14.6. The maximum Gasteiger partial charge on any atom is 0.238 e. The molecule has 0 unspecified atom stereocenters. The number of benzene rings is 1. The molecular formula is C16H25ClN2OS. The van der Waals surface area contributed by atoms with Gasteiger partial charge in [0.25, 0.3) is 0 Å². The lowest BCUT2D eigenvalue weighted by Gasteiger charge is -2.17. The van der Waals surface area contributed by atoms with Gasteiger partial charge in [0.2, 0.25) is 5.91 Å². The molecule has 0 bridgehead atoms. The lowest BCUT2D eigenvalue weighted by molar-refractivity contribution is -0.115. The lowest BCUT2D eigenvalue weighted by Crippen LogP contribution is -2.29. The number of carbonyl (C=O) groups is 1. The smallest absolute Gasteiger partial charge is 0.238 e. The number of thioether (sulfide) groups is 1. The van der Waals surface area contributed by atoms with Gasteiger partial charge < -0.3 is 10.6 Å². The van der Waals surface area contributed by atoms with Crippen molar-refractivity contribution in [2.75, 3.05) is 18.4 Å². The third kappa shape index (κ3) is 7.74. The van der Waals surface area contributed by atoms with Crippen molar-refractivity contribution in [3.8, 4) is 0 Å². The van der Waals surface area contributed by atoms with E-state index in [1.807, 2.05) is 23.9 Å². The predicted octanol–water partition coefficient (Wildman–Crippen LogP) is 3.94. The highest BCUT2D eigenvalue weighted by molar-refractivity contribution is 8.00. The van der Waals surface area contributed by atoms with Crippen molar-refractivity contribution in [1.29, 1.82) is 0 Å². The van der Waals surface area contributed by atoms with Crippen molar-refractivity contribution in [3.05, 3.63) is 24.3 Å². The first-order valence-electron chi connectivity index (χ1n) is 7.22. The molecule has 0 atom stereocenters. The van der Waals surface area contributed by atoms with Gasteiger partial charge in [0.1, 0.15) is 0 Å². The zero-order valence-corrected chi connectivity index (χ0v) is 14.6. The van der Waals surface area contributed by atoms with Crippen molar-refractivity contribution in [1.82, 2.24) is 5.32 Å². The predicted molar refractivity (Wildman–Crippen MR) is 93.5 cm³/mol. The Labute approximate surface area is 138 Å². The number of carbonyl (C=O) groups excluding carboxylic acids is 1. The summed E-state index contributed by atoms with van der Waals surface area (Å²) in [5.74, 6) is 0.832. The molecule has 0 spiro atoms. The summed E-state index contributed by atoms with van der Waals surface area (Å²) in [4.78, 5) is 13.0. The van der Waals surface area contributed by atoms with E-state index < -0.39 is 0 Å². The molecule has 118 valence electrons. The van der Waals surface area contributed by atoms with Gasteiger partial charge in [-0.15, -0.1) is 24.2 Å². The number of nitrogens with one attached hydrogen (secondary N) is 2. The molecule has 0 saturated heterocycles. The van der Waals surface area contributed by atoms with Gasteiger partial charge in [-0.3, -0.25) is 4.79 Å². The molecule has 2 N–H and O–H groups in total. The number of rotatable bonds is 6. The van der Waals surface area contributed by atoms with E-state index in [2.05, 4.69) is 43.5 Å². The van der Waals surface area contributed by atoms with Crippen LogP contribution in [-0.2, 0) is 4.79 Å². The van der Waals surface area contributed by atoms with Crippen LogP contribution in [0.2, 0.25) is 0 Å². The second kappa shape index (κ2) is 8.06. The largest absolute Gasteiger partial charge is 0.325 e. The second-order valence-corrected chi connectivity index (χ2v) is 8.26. The highest BCUT2D eigenvalue weighted by Crippen LogP contribution is 2.32. The summed E-state index contributed by atoms with van der Waals surface area (Å²) < 4.78 is 0.206.